The minimum Gasteiger partial charge on any atom is -0.381 e. The molecule has 0 aromatic heterocycles. The van der Waals surface area contributed by atoms with Crippen molar-refractivity contribution in [2.24, 2.45) is 10.7 Å². The van der Waals surface area contributed by atoms with Crippen LogP contribution in [0.1, 0.15) is 36.8 Å². The van der Waals surface area contributed by atoms with Crippen LogP contribution in [0.4, 0.5) is 5.69 Å². The van der Waals surface area contributed by atoms with Crippen LogP contribution in [0.25, 0.3) is 0 Å². The van der Waals surface area contributed by atoms with E-state index in [2.05, 4.69) is 34.8 Å². The van der Waals surface area contributed by atoms with E-state index in [4.69, 9.17) is 10.5 Å². The van der Waals surface area contributed by atoms with Crippen LogP contribution in [-0.4, -0.2) is 36.7 Å². The molecule has 1 aromatic rings. The van der Waals surface area contributed by atoms with Gasteiger partial charge in [-0.15, -0.1) is 0 Å². The number of ether oxygens (including phenoxy) is 1. The molecule has 5 heteroatoms. The number of aryl methyl sites for hydroxylation is 1. The number of nitrogens with zero attached hydrogens (tertiary/aromatic N) is 1. The highest BCUT2D eigenvalue weighted by atomic mass is 32.2. The Balaban J connectivity index is 1.68. The van der Waals surface area contributed by atoms with Crippen LogP contribution in [0.2, 0.25) is 0 Å². The highest BCUT2D eigenvalue weighted by Gasteiger charge is 2.31. The Morgan fingerprint density at radius 1 is 1.30 bits per heavy atom. The number of nitrogens with two attached hydrogens (primary N) is 1. The van der Waals surface area contributed by atoms with E-state index in [9.17, 15) is 0 Å². The lowest BCUT2D eigenvalue weighted by Crippen LogP contribution is -2.37. The number of hydrogen-bond acceptors (Lipinski definition) is 3. The van der Waals surface area contributed by atoms with Crippen molar-refractivity contribution in [2.75, 3.05) is 31.3 Å². The maximum Gasteiger partial charge on any atom is 0.193 e. The van der Waals surface area contributed by atoms with E-state index in [0.717, 1.165) is 44.7 Å². The van der Waals surface area contributed by atoms with Gasteiger partial charge in [0.1, 0.15) is 0 Å². The topological polar surface area (TPSA) is 59.6 Å². The second kappa shape index (κ2) is 7.58. The molecule has 23 heavy (non-hydrogen) atoms. The number of rotatable bonds is 4. The summed E-state index contributed by atoms with van der Waals surface area (Å²) in [6, 6.07) is 6.46. The minimum atomic E-state index is 0.181. The molecule has 1 saturated heterocycles. The van der Waals surface area contributed by atoms with Crippen LogP contribution in [-0.2, 0) is 17.6 Å². The largest absolute Gasteiger partial charge is 0.381 e. The molecular formula is C18H27N3OS. The molecule has 0 spiro atoms. The SMILES string of the molecule is CSC1(CN=C(N)Nc2cccc3c2CCCC3)CCOCC1. The molecule has 0 unspecified atom stereocenters. The molecule has 4 nitrogen and oxygen atoms in total. The summed E-state index contributed by atoms with van der Waals surface area (Å²) in [4.78, 5) is 4.64. The molecular weight excluding hydrogens is 306 g/mol. The Morgan fingerprint density at radius 2 is 2.09 bits per heavy atom. The summed E-state index contributed by atoms with van der Waals surface area (Å²) >= 11 is 1.89. The second-order valence-electron chi connectivity index (χ2n) is 6.48. The molecule has 3 rings (SSSR count). The third kappa shape index (κ3) is 4.01. The Bertz CT molecular complexity index is 567. The first kappa shape index (κ1) is 16.7. The fraction of sp³-hybridized carbons (Fsp3) is 0.611. The molecule has 0 saturated carbocycles. The lowest BCUT2D eigenvalue weighted by atomic mass is 9.90. The number of anilines is 1. The van der Waals surface area contributed by atoms with Crippen molar-refractivity contribution in [3.63, 3.8) is 0 Å². The summed E-state index contributed by atoms with van der Waals surface area (Å²) in [7, 11) is 0. The highest BCUT2D eigenvalue weighted by Crippen LogP contribution is 2.34. The third-order valence-electron chi connectivity index (χ3n) is 5.03. The number of benzene rings is 1. The molecule has 0 atom stereocenters. The van der Waals surface area contributed by atoms with Crippen LogP contribution < -0.4 is 11.1 Å². The van der Waals surface area contributed by atoms with Gasteiger partial charge in [-0.1, -0.05) is 12.1 Å². The molecule has 3 N–H and O–H groups in total. The Morgan fingerprint density at radius 3 is 2.87 bits per heavy atom. The van der Waals surface area contributed by atoms with E-state index in [0.29, 0.717) is 5.96 Å². The second-order valence-corrected chi connectivity index (χ2v) is 7.75. The predicted molar refractivity (Wildman–Crippen MR) is 99.5 cm³/mol. The van der Waals surface area contributed by atoms with Gasteiger partial charge in [0.05, 0.1) is 6.54 Å². The number of thioether (sulfide) groups is 1. The maximum atomic E-state index is 6.17. The number of fused-ring (bicyclic) bond motifs is 1. The number of hydrogen-bond donors (Lipinski definition) is 2. The van der Waals surface area contributed by atoms with Gasteiger partial charge in [0, 0.05) is 23.6 Å². The summed E-state index contributed by atoms with van der Waals surface area (Å²) in [5, 5.41) is 3.34. The molecule has 1 aromatic carbocycles. The smallest absolute Gasteiger partial charge is 0.193 e. The highest BCUT2D eigenvalue weighted by molar-refractivity contribution is 8.00. The van der Waals surface area contributed by atoms with E-state index in [1.165, 1.54) is 30.4 Å². The van der Waals surface area contributed by atoms with Crippen molar-refractivity contribution in [3.8, 4) is 0 Å². The van der Waals surface area contributed by atoms with Gasteiger partial charge in [-0.2, -0.15) is 11.8 Å². The summed E-state index contributed by atoms with van der Waals surface area (Å²) in [6.07, 6.45) is 9.13. The monoisotopic (exact) mass is 333 g/mol. The van der Waals surface area contributed by atoms with E-state index < -0.39 is 0 Å². The van der Waals surface area contributed by atoms with Crippen molar-refractivity contribution in [3.05, 3.63) is 29.3 Å². The lowest BCUT2D eigenvalue weighted by Gasteiger charge is -2.34. The molecule has 2 aliphatic rings. The zero-order valence-electron chi connectivity index (χ0n) is 13.9. The summed E-state index contributed by atoms with van der Waals surface area (Å²) < 4.78 is 5.66. The van der Waals surface area contributed by atoms with Crippen molar-refractivity contribution in [2.45, 2.75) is 43.3 Å². The first-order valence-electron chi connectivity index (χ1n) is 8.53. The fourth-order valence-corrected chi connectivity index (χ4v) is 4.24. The van der Waals surface area contributed by atoms with Crippen LogP contribution >= 0.6 is 11.8 Å². The average Bonchev–Trinajstić information content (AvgIpc) is 2.61. The van der Waals surface area contributed by atoms with Crippen molar-refractivity contribution in [1.82, 2.24) is 0 Å². The third-order valence-corrected chi connectivity index (χ3v) is 6.44. The zero-order chi connectivity index (χ0) is 16.1. The number of aliphatic imine (C=N–C) groups is 1. The van der Waals surface area contributed by atoms with Crippen molar-refractivity contribution in [1.29, 1.82) is 0 Å². The van der Waals surface area contributed by atoms with Gasteiger partial charge in [-0.05, 0) is 62.0 Å². The number of guanidine groups is 1. The van der Waals surface area contributed by atoms with Gasteiger partial charge in [0.2, 0.25) is 0 Å². The van der Waals surface area contributed by atoms with Crippen molar-refractivity contribution < 1.29 is 4.74 Å². The Hall–Kier alpha value is -1.20. The maximum absolute atomic E-state index is 6.17. The normalized spacial score (nSPS) is 20.8. The van der Waals surface area contributed by atoms with Gasteiger partial charge < -0.3 is 15.8 Å². The van der Waals surface area contributed by atoms with Gasteiger partial charge >= 0.3 is 0 Å². The summed E-state index contributed by atoms with van der Waals surface area (Å²) in [6.45, 7) is 2.41. The standard InChI is InChI=1S/C18H27N3OS/c1-23-18(9-11-22-12-10-18)13-20-17(19)21-16-8-4-6-14-5-2-3-7-15(14)16/h4,6,8H,2-3,5,7,9-13H2,1H3,(H3,19,20,21). The summed E-state index contributed by atoms with van der Waals surface area (Å²) in [5.74, 6) is 0.531. The molecule has 0 bridgehead atoms. The molecule has 0 radical (unpaired) electrons. The first-order chi connectivity index (χ1) is 11.2. The molecule has 1 aliphatic heterocycles. The predicted octanol–water partition coefficient (Wildman–Crippen LogP) is 3.20. The van der Waals surface area contributed by atoms with Crippen molar-refractivity contribution >= 4 is 23.4 Å². The van der Waals surface area contributed by atoms with Gasteiger partial charge in [0.15, 0.2) is 5.96 Å². The lowest BCUT2D eigenvalue weighted by molar-refractivity contribution is 0.0794. The summed E-state index contributed by atoms with van der Waals surface area (Å²) in [5.41, 5.74) is 10.2. The molecule has 126 valence electrons. The quantitative estimate of drug-likeness (QED) is 0.656. The van der Waals surface area contributed by atoms with E-state index in [-0.39, 0.29) is 4.75 Å². The Labute approximate surface area is 143 Å². The molecule has 1 fully saturated rings. The van der Waals surface area contributed by atoms with Gasteiger partial charge in [-0.25, -0.2) is 0 Å². The van der Waals surface area contributed by atoms with Gasteiger partial charge in [0.25, 0.3) is 0 Å². The van der Waals surface area contributed by atoms with Crippen LogP contribution in [0.3, 0.4) is 0 Å². The Kier molecular flexibility index (Phi) is 5.49. The van der Waals surface area contributed by atoms with Gasteiger partial charge in [-0.3, -0.25) is 4.99 Å². The zero-order valence-corrected chi connectivity index (χ0v) is 14.8. The van der Waals surface area contributed by atoms with E-state index in [1.807, 2.05) is 11.8 Å². The minimum absolute atomic E-state index is 0.181. The van der Waals surface area contributed by atoms with E-state index in [1.54, 1.807) is 0 Å². The molecule has 0 amide bonds. The fourth-order valence-electron chi connectivity index (χ4n) is 3.48. The van der Waals surface area contributed by atoms with E-state index >= 15 is 0 Å². The van der Waals surface area contributed by atoms with Crippen LogP contribution in [0.15, 0.2) is 23.2 Å². The molecule has 1 aliphatic carbocycles. The molecule has 1 heterocycles. The number of nitrogens with one attached hydrogen (secondary N) is 1. The first-order valence-corrected chi connectivity index (χ1v) is 9.75. The van der Waals surface area contributed by atoms with Crippen LogP contribution in [0.5, 0.6) is 0 Å². The van der Waals surface area contributed by atoms with Crippen LogP contribution in [0, 0.1) is 0 Å². The average molecular weight is 334 g/mol.